The largest absolute Gasteiger partial charge is 0.446 e. The van der Waals surface area contributed by atoms with E-state index in [0.29, 0.717) is 26.2 Å². The van der Waals surface area contributed by atoms with E-state index >= 15 is 0 Å². The molecule has 0 aliphatic rings. The molecule has 156 valence electrons. The Balaban J connectivity index is 1.87. The number of carbonyl (C=O) groups excluding carboxylic acids is 1. The molecule has 5 nitrogen and oxygen atoms in total. The molecule has 0 spiro atoms. The Morgan fingerprint density at radius 2 is 1.66 bits per heavy atom. The second kappa shape index (κ2) is 12.0. The first-order valence-corrected chi connectivity index (χ1v) is 9.96. The van der Waals surface area contributed by atoms with Crippen LogP contribution in [0, 0.1) is 5.92 Å². The van der Waals surface area contributed by atoms with Crippen molar-refractivity contribution in [1.29, 1.82) is 0 Å². The quantitative estimate of drug-likeness (QED) is 0.551. The number of benzene rings is 2. The van der Waals surface area contributed by atoms with E-state index in [9.17, 15) is 4.79 Å². The first kappa shape index (κ1) is 22.7. The molecule has 0 aliphatic carbocycles. The van der Waals surface area contributed by atoms with E-state index in [2.05, 4.69) is 11.9 Å². The normalized spacial score (nSPS) is 13.9. The van der Waals surface area contributed by atoms with Crippen molar-refractivity contribution in [2.45, 2.75) is 45.6 Å². The topological polar surface area (TPSA) is 73.6 Å². The predicted octanol–water partition coefficient (Wildman–Crippen LogP) is 4.43. The van der Waals surface area contributed by atoms with Gasteiger partial charge in [-0.25, -0.2) is 4.79 Å². The molecule has 29 heavy (non-hydrogen) atoms. The molecule has 2 aromatic rings. The van der Waals surface area contributed by atoms with Crippen molar-refractivity contribution in [3.63, 3.8) is 0 Å². The fourth-order valence-corrected chi connectivity index (χ4v) is 2.90. The van der Waals surface area contributed by atoms with Crippen LogP contribution in [0.4, 0.5) is 4.79 Å². The van der Waals surface area contributed by atoms with Gasteiger partial charge in [0.15, 0.2) is 0 Å². The second-order valence-electron chi connectivity index (χ2n) is 7.40. The Morgan fingerprint density at radius 1 is 1.07 bits per heavy atom. The molecule has 0 fully saturated rings. The van der Waals surface area contributed by atoms with E-state index in [-0.39, 0.29) is 18.1 Å². The molecule has 0 aliphatic heterocycles. The number of alkyl carbamates (subject to hydrolysis) is 1. The summed E-state index contributed by atoms with van der Waals surface area (Å²) in [5.41, 5.74) is 9.21. The third-order valence-corrected chi connectivity index (χ3v) is 4.87. The van der Waals surface area contributed by atoms with Gasteiger partial charge in [0.25, 0.3) is 0 Å². The molecule has 0 aromatic heterocycles. The summed E-state index contributed by atoms with van der Waals surface area (Å²) in [6.07, 6.45) is -0.151. The third kappa shape index (κ3) is 8.50. The zero-order valence-corrected chi connectivity index (χ0v) is 17.3. The summed E-state index contributed by atoms with van der Waals surface area (Å²) in [6.45, 7) is 9.10. The number of nitrogens with one attached hydrogen (secondary N) is 1. The first-order valence-electron chi connectivity index (χ1n) is 9.96. The van der Waals surface area contributed by atoms with E-state index in [1.165, 1.54) is 0 Å². The number of hydrogen-bond acceptors (Lipinski definition) is 4. The molecule has 2 aromatic carbocycles. The van der Waals surface area contributed by atoms with Crippen molar-refractivity contribution in [2.24, 2.45) is 11.7 Å². The van der Waals surface area contributed by atoms with Crippen molar-refractivity contribution in [3.8, 4) is 0 Å². The zero-order valence-electron chi connectivity index (χ0n) is 17.3. The number of carbonyl (C=O) groups is 1. The molecule has 0 saturated carbocycles. The maximum Gasteiger partial charge on any atom is 0.407 e. The maximum absolute atomic E-state index is 12.2. The van der Waals surface area contributed by atoms with Gasteiger partial charge in [0.1, 0.15) is 6.10 Å². The summed E-state index contributed by atoms with van der Waals surface area (Å²) in [5, 5.41) is 2.79. The van der Waals surface area contributed by atoms with Crippen LogP contribution in [-0.2, 0) is 22.6 Å². The van der Waals surface area contributed by atoms with Gasteiger partial charge in [-0.15, -0.1) is 0 Å². The summed E-state index contributed by atoms with van der Waals surface area (Å²) in [4.78, 5) is 12.2. The fraction of sp³-hybridized carbons (Fsp3) is 0.375. The van der Waals surface area contributed by atoms with Crippen LogP contribution in [0.2, 0.25) is 0 Å². The number of ether oxygens (including phenoxy) is 2. The smallest absolute Gasteiger partial charge is 0.407 e. The van der Waals surface area contributed by atoms with Gasteiger partial charge in [0, 0.05) is 18.5 Å². The fourth-order valence-electron chi connectivity index (χ4n) is 2.90. The first-order chi connectivity index (χ1) is 14.0. The monoisotopic (exact) mass is 396 g/mol. The minimum atomic E-state index is -0.446. The minimum Gasteiger partial charge on any atom is -0.446 e. The summed E-state index contributed by atoms with van der Waals surface area (Å²) in [7, 11) is 0. The average Bonchev–Trinajstić information content (AvgIpc) is 2.72. The molecule has 3 unspecified atom stereocenters. The van der Waals surface area contributed by atoms with E-state index in [4.69, 9.17) is 15.2 Å². The average molecular weight is 397 g/mol. The highest BCUT2D eigenvalue weighted by Crippen LogP contribution is 2.18. The van der Waals surface area contributed by atoms with Gasteiger partial charge in [-0.1, -0.05) is 72.8 Å². The lowest BCUT2D eigenvalue weighted by atomic mass is 9.93. The highest BCUT2D eigenvalue weighted by molar-refractivity contribution is 5.67. The second-order valence-corrected chi connectivity index (χ2v) is 7.40. The Labute approximate surface area is 173 Å². The molecule has 2 rings (SSSR count). The molecule has 1 amide bonds. The van der Waals surface area contributed by atoms with Crippen molar-refractivity contribution < 1.29 is 14.3 Å². The molecule has 3 N–H and O–H groups in total. The van der Waals surface area contributed by atoms with Crippen LogP contribution in [0.15, 0.2) is 72.8 Å². The van der Waals surface area contributed by atoms with E-state index in [1.807, 2.05) is 74.5 Å². The van der Waals surface area contributed by atoms with Crippen LogP contribution in [0.25, 0.3) is 0 Å². The summed E-state index contributed by atoms with van der Waals surface area (Å²) >= 11 is 0. The lowest BCUT2D eigenvalue weighted by Crippen LogP contribution is -2.36. The van der Waals surface area contributed by atoms with Crippen molar-refractivity contribution in [1.82, 2.24) is 5.32 Å². The zero-order chi connectivity index (χ0) is 21.1. The molecular weight excluding hydrogens is 364 g/mol. The molecule has 0 bridgehead atoms. The van der Waals surface area contributed by atoms with E-state index < -0.39 is 6.09 Å². The van der Waals surface area contributed by atoms with E-state index in [0.717, 1.165) is 16.7 Å². The van der Waals surface area contributed by atoms with Crippen LogP contribution < -0.4 is 11.1 Å². The van der Waals surface area contributed by atoms with Gasteiger partial charge < -0.3 is 20.5 Å². The third-order valence-electron chi connectivity index (χ3n) is 4.87. The number of rotatable bonds is 11. The van der Waals surface area contributed by atoms with Gasteiger partial charge in [-0.05, 0) is 31.4 Å². The Morgan fingerprint density at radius 3 is 2.24 bits per heavy atom. The number of hydrogen-bond donors (Lipinski definition) is 2. The van der Waals surface area contributed by atoms with Gasteiger partial charge >= 0.3 is 6.09 Å². The molecular formula is C24H32N2O3. The molecule has 5 heteroatoms. The van der Waals surface area contributed by atoms with Crippen LogP contribution in [0.1, 0.15) is 31.4 Å². The van der Waals surface area contributed by atoms with Gasteiger partial charge in [-0.2, -0.15) is 0 Å². The van der Waals surface area contributed by atoms with Crippen molar-refractivity contribution in [3.05, 3.63) is 83.9 Å². The Kier molecular flexibility index (Phi) is 9.41. The highest BCUT2D eigenvalue weighted by Gasteiger charge is 2.24. The standard InChI is InChI=1S/C24H32N2O3/c1-18(2)23(25)14-22(17-28-16-21-12-8-5-9-13-21)19(3)29-24(27)26-15-20-10-6-4-7-11-20/h4-13,19,22-23H,1,14-17,25H2,2-3H3,(H,26,27). The lowest BCUT2D eigenvalue weighted by Gasteiger charge is -2.27. The highest BCUT2D eigenvalue weighted by atomic mass is 16.6. The van der Waals surface area contributed by atoms with Gasteiger partial charge in [-0.3, -0.25) is 0 Å². The number of nitrogens with two attached hydrogens (primary N) is 1. The minimum absolute atomic E-state index is 0.0344. The summed E-state index contributed by atoms with van der Waals surface area (Å²) in [6, 6.07) is 19.5. The number of amides is 1. The molecule has 0 radical (unpaired) electrons. The summed E-state index contributed by atoms with van der Waals surface area (Å²) in [5.74, 6) is -0.0344. The molecule has 0 heterocycles. The maximum atomic E-state index is 12.2. The van der Waals surface area contributed by atoms with Crippen LogP contribution in [0.5, 0.6) is 0 Å². The van der Waals surface area contributed by atoms with Crippen molar-refractivity contribution in [2.75, 3.05) is 6.61 Å². The Bertz CT molecular complexity index is 749. The summed E-state index contributed by atoms with van der Waals surface area (Å²) < 4.78 is 11.5. The van der Waals surface area contributed by atoms with E-state index in [1.54, 1.807) is 0 Å². The molecule has 3 atom stereocenters. The Hall–Kier alpha value is -2.63. The van der Waals surface area contributed by atoms with Gasteiger partial charge in [0.05, 0.1) is 13.2 Å². The molecule has 0 saturated heterocycles. The van der Waals surface area contributed by atoms with Crippen LogP contribution in [0.3, 0.4) is 0 Å². The van der Waals surface area contributed by atoms with Gasteiger partial charge in [0.2, 0.25) is 0 Å². The van der Waals surface area contributed by atoms with Crippen LogP contribution in [-0.4, -0.2) is 24.8 Å². The van der Waals surface area contributed by atoms with Crippen molar-refractivity contribution >= 4 is 6.09 Å². The SMILES string of the molecule is C=C(C)C(N)CC(COCc1ccccc1)C(C)OC(=O)NCc1ccccc1. The lowest BCUT2D eigenvalue weighted by molar-refractivity contribution is 0.0113. The van der Waals surface area contributed by atoms with Crippen LogP contribution >= 0.6 is 0 Å². The predicted molar refractivity (Wildman–Crippen MR) is 116 cm³/mol.